The van der Waals surface area contributed by atoms with Gasteiger partial charge in [-0.2, -0.15) is 9.97 Å². The highest BCUT2D eigenvalue weighted by Gasteiger charge is 2.12. The number of rotatable bonds is 4. The van der Waals surface area contributed by atoms with E-state index in [0.717, 1.165) is 0 Å². The highest BCUT2D eigenvalue weighted by Crippen LogP contribution is 2.15. The predicted octanol–water partition coefficient (Wildman–Crippen LogP) is 1.75. The van der Waals surface area contributed by atoms with Crippen LogP contribution < -0.4 is 14.8 Å². The molecule has 98 valence electrons. The molecule has 0 saturated carbocycles. The van der Waals surface area contributed by atoms with Gasteiger partial charge in [-0.1, -0.05) is 18.2 Å². The van der Waals surface area contributed by atoms with Crippen molar-refractivity contribution in [3.8, 4) is 11.9 Å². The summed E-state index contributed by atoms with van der Waals surface area (Å²) in [5.41, 5.74) is 0.858. The Morgan fingerprint density at radius 3 is 2.47 bits per heavy atom. The number of benzene rings is 1. The predicted molar refractivity (Wildman–Crippen MR) is 69.5 cm³/mol. The van der Waals surface area contributed by atoms with Crippen LogP contribution in [0.2, 0.25) is 0 Å². The number of anilines is 1. The molecule has 1 aromatic carbocycles. The van der Waals surface area contributed by atoms with Crippen LogP contribution in [0, 0.1) is 0 Å². The monoisotopic (exact) mass is 259 g/mol. The van der Waals surface area contributed by atoms with Gasteiger partial charge in [-0.05, 0) is 12.1 Å². The molecule has 1 aromatic heterocycles. The van der Waals surface area contributed by atoms with E-state index in [1.165, 1.54) is 20.3 Å². The van der Waals surface area contributed by atoms with Crippen LogP contribution in [0.3, 0.4) is 0 Å². The Morgan fingerprint density at radius 2 is 1.84 bits per heavy atom. The smallest absolute Gasteiger partial charge is 0.320 e. The summed E-state index contributed by atoms with van der Waals surface area (Å²) in [6, 6.07) is 10.6. The summed E-state index contributed by atoms with van der Waals surface area (Å²) in [5, 5.41) is 2.72. The summed E-state index contributed by atoms with van der Waals surface area (Å²) in [4.78, 5) is 19.9. The van der Waals surface area contributed by atoms with Crippen molar-refractivity contribution in [3.63, 3.8) is 0 Å². The summed E-state index contributed by atoms with van der Waals surface area (Å²) in [5.74, 6) is -0.0877. The number of ether oxygens (including phenoxy) is 2. The molecule has 6 nitrogen and oxygen atoms in total. The van der Waals surface area contributed by atoms with Crippen molar-refractivity contribution in [1.29, 1.82) is 0 Å². The maximum Gasteiger partial charge on any atom is 0.320 e. The molecule has 0 unspecified atom stereocenters. The minimum atomic E-state index is -0.356. The van der Waals surface area contributed by atoms with E-state index in [-0.39, 0.29) is 23.5 Å². The van der Waals surface area contributed by atoms with Crippen LogP contribution in [0.1, 0.15) is 10.5 Å². The molecular weight excluding hydrogens is 246 g/mol. The summed E-state index contributed by atoms with van der Waals surface area (Å²) in [6.07, 6.45) is 0. The lowest BCUT2D eigenvalue weighted by molar-refractivity contribution is 0.102. The second-order valence-corrected chi connectivity index (χ2v) is 3.60. The maximum atomic E-state index is 12.0. The van der Waals surface area contributed by atoms with Gasteiger partial charge in [-0.15, -0.1) is 0 Å². The fourth-order valence-electron chi connectivity index (χ4n) is 1.43. The standard InChI is InChI=1S/C13H13N3O3/c1-18-11-8-10(15-13(16-11)19-2)12(17)14-9-6-4-3-5-7-9/h3-8H,1-2H3,(H,14,17). The zero-order valence-electron chi connectivity index (χ0n) is 10.6. The SMILES string of the molecule is COc1cc(C(=O)Nc2ccccc2)nc(OC)n1. The number of hydrogen-bond acceptors (Lipinski definition) is 5. The van der Waals surface area contributed by atoms with Gasteiger partial charge in [0.25, 0.3) is 5.91 Å². The zero-order valence-corrected chi connectivity index (χ0v) is 10.6. The first-order chi connectivity index (χ1) is 9.22. The molecule has 1 N–H and O–H groups in total. The van der Waals surface area contributed by atoms with Crippen LogP contribution in [0.4, 0.5) is 5.69 Å². The number of methoxy groups -OCH3 is 2. The molecule has 0 spiro atoms. The number of para-hydroxylation sites is 1. The van der Waals surface area contributed by atoms with Crippen molar-refractivity contribution < 1.29 is 14.3 Å². The number of nitrogens with zero attached hydrogens (tertiary/aromatic N) is 2. The minimum absolute atomic E-state index is 0.0811. The van der Waals surface area contributed by atoms with E-state index >= 15 is 0 Å². The number of nitrogens with one attached hydrogen (secondary N) is 1. The van der Waals surface area contributed by atoms with E-state index in [0.29, 0.717) is 5.69 Å². The Hall–Kier alpha value is -2.63. The molecule has 6 heteroatoms. The van der Waals surface area contributed by atoms with Gasteiger partial charge in [0, 0.05) is 11.8 Å². The van der Waals surface area contributed by atoms with Gasteiger partial charge in [0.1, 0.15) is 5.69 Å². The Kier molecular flexibility index (Phi) is 3.92. The number of carbonyl (C=O) groups excluding carboxylic acids is 1. The molecule has 0 saturated heterocycles. The van der Waals surface area contributed by atoms with E-state index in [9.17, 15) is 4.79 Å². The van der Waals surface area contributed by atoms with E-state index in [1.807, 2.05) is 18.2 Å². The Balaban J connectivity index is 2.23. The molecule has 2 aromatic rings. The van der Waals surface area contributed by atoms with Crippen molar-refractivity contribution in [2.24, 2.45) is 0 Å². The lowest BCUT2D eigenvalue weighted by Crippen LogP contribution is -2.14. The molecule has 1 heterocycles. The van der Waals surface area contributed by atoms with Crippen LogP contribution in [0.5, 0.6) is 11.9 Å². The summed E-state index contributed by atoms with van der Waals surface area (Å²) < 4.78 is 9.90. The van der Waals surface area contributed by atoms with Crippen molar-refractivity contribution >= 4 is 11.6 Å². The fraction of sp³-hybridized carbons (Fsp3) is 0.154. The van der Waals surface area contributed by atoms with Crippen molar-refractivity contribution in [2.75, 3.05) is 19.5 Å². The number of hydrogen-bond donors (Lipinski definition) is 1. The van der Waals surface area contributed by atoms with Crippen LogP contribution in [-0.2, 0) is 0 Å². The Labute approximate surface area is 110 Å². The third-order valence-corrected chi connectivity index (χ3v) is 2.34. The molecule has 2 rings (SSSR count). The lowest BCUT2D eigenvalue weighted by Gasteiger charge is -2.07. The van der Waals surface area contributed by atoms with Gasteiger partial charge >= 0.3 is 6.01 Å². The molecule has 0 atom stereocenters. The fourth-order valence-corrected chi connectivity index (χ4v) is 1.43. The third kappa shape index (κ3) is 3.19. The van der Waals surface area contributed by atoms with Crippen LogP contribution in [0.15, 0.2) is 36.4 Å². The van der Waals surface area contributed by atoms with E-state index in [2.05, 4.69) is 15.3 Å². The van der Waals surface area contributed by atoms with Crippen LogP contribution in [-0.4, -0.2) is 30.1 Å². The number of carbonyl (C=O) groups is 1. The van der Waals surface area contributed by atoms with Gasteiger partial charge < -0.3 is 14.8 Å². The first kappa shape index (κ1) is 12.8. The van der Waals surface area contributed by atoms with Crippen molar-refractivity contribution in [3.05, 3.63) is 42.1 Å². The van der Waals surface area contributed by atoms with Gasteiger partial charge in [-0.25, -0.2) is 0 Å². The second kappa shape index (κ2) is 5.81. The van der Waals surface area contributed by atoms with E-state index < -0.39 is 0 Å². The topological polar surface area (TPSA) is 73.3 Å². The average Bonchev–Trinajstić information content (AvgIpc) is 2.47. The molecule has 1 amide bonds. The minimum Gasteiger partial charge on any atom is -0.481 e. The normalized spacial score (nSPS) is 9.79. The van der Waals surface area contributed by atoms with Crippen molar-refractivity contribution in [2.45, 2.75) is 0 Å². The molecule has 19 heavy (non-hydrogen) atoms. The van der Waals surface area contributed by atoms with E-state index in [1.54, 1.807) is 12.1 Å². The molecule has 0 fully saturated rings. The molecule has 0 aliphatic carbocycles. The van der Waals surface area contributed by atoms with Gasteiger partial charge in [0.2, 0.25) is 5.88 Å². The van der Waals surface area contributed by atoms with Crippen molar-refractivity contribution in [1.82, 2.24) is 9.97 Å². The summed E-state index contributed by atoms with van der Waals surface area (Å²) >= 11 is 0. The Morgan fingerprint density at radius 1 is 1.11 bits per heavy atom. The van der Waals surface area contributed by atoms with Gasteiger partial charge in [-0.3, -0.25) is 4.79 Å². The number of amides is 1. The molecular formula is C13H13N3O3. The largest absolute Gasteiger partial charge is 0.481 e. The Bertz CT molecular complexity index is 550. The molecule has 0 bridgehead atoms. The summed E-state index contributed by atoms with van der Waals surface area (Å²) in [7, 11) is 2.88. The molecule has 0 aliphatic rings. The maximum absolute atomic E-state index is 12.0. The van der Waals surface area contributed by atoms with E-state index in [4.69, 9.17) is 9.47 Å². The molecule has 0 aliphatic heterocycles. The average molecular weight is 259 g/mol. The highest BCUT2D eigenvalue weighted by atomic mass is 16.5. The van der Waals surface area contributed by atoms with Crippen LogP contribution in [0.25, 0.3) is 0 Å². The first-order valence-corrected chi connectivity index (χ1v) is 5.56. The van der Waals surface area contributed by atoms with Crippen LogP contribution >= 0.6 is 0 Å². The second-order valence-electron chi connectivity index (χ2n) is 3.60. The lowest BCUT2D eigenvalue weighted by atomic mass is 10.3. The third-order valence-electron chi connectivity index (χ3n) is 2.34. The number of aromatic nitrogens is 2. The van der Waals surface area contributed by atoms with Gasteiger partial charge in [0.15, 0.2) is 0 Å². The first-order valence-electron chi connectivity index (χ1n) is 5.56. The quantitative estimate of drug-likeness (QED) is 0.905. The summed E-state index contributed by atoms with van der Waals surface area (Å²) in [6.45, 7) is 0. The molecule has 0 radical (unpaired) electrons. The highest BCUT2D eigenvalue weighted by molar-refractivity contribution is 6.03. The zero-order chi connectivity index (χ0) is 13.7. The van der Waals surface area contributed by atoms with Gasteiger partial charge in [0.05, 0.1) is 14.2 Å².